The van der Waals surface area contributed by atoms with Crippen molar-refractivity contribution in [3.8, 4) is 0 Å². The third-order valence-electron chi connectivity index (χ3n) is 6.63. The van der Waals surface area contributed by atoms with E-state index < -0.39 is 29.8 Å². The van der Waals surface area contributed by atoms with E-state index in [1.54, 1.807) is 12.3 Å². The summed E-state index contributed by atoms with van der Waals surface area (Å²) in [6.45, 7) is 0.862. The van der Waals surface area contributed by atoms with E-state index in [-0.39, 0.29) is 17.5 Å². The Bertz CT molecular complexity index is 1210. The van der Waals surface area contributed by atoms with Gasteiger partial charge in [-0.25, -0.2) is 14.2 Å². The second kappa shape index (κ2) is 8.86. The molecule has 1 aromatic carbocycles. The van der Waals surface area contributed by atoms with Crippen molar-refractivity contribution in [2.75, 3.05) is 20.2 Å². The number of likely N-dealkylation sites (tertiary alicyclic amines) is 1. The van der Waals surface area contributed by atoms with E-state index in [1.165, 1.54) is 30.6 Å². The molecule has 2 aliphatic heterocycles. The van der Waals surface area contributed by atoms with Crippen LogP contribution < -0.4 is 5.32 Å². The highest BCUT2D eigenvalue weighted by molar-refractivity contribution is 9.10. The fourth-order valence-corrected chi connectivity index (χ4v) is 5.92. The average molecular weight is 549 g/mol. The first-order valence-electron chi connectivity index (χ1n) is 10.8. The van der Waals surface area contributed by atoms with E-state index in [0.29, 0.717) is 39.5 Å². The number of benzene rings is 1. The molecule has 8 nitrogen and oxygen atoms in total. The zero-order chi connectivity index (χ0) is 24.0. The monoisotopic (exact) mass is 548 g/mol. The quantitative estimate of drug-likeness (QED) is 0.532. The summed E-state index contributed by atoms with van der Waals surface area (Å²) in [5.74, 6) is -1.41. The van der Waals surface area contributed by atoms with E-state index in [9.17, 15) is 19.1 Å². The number of ether oxygens (including phenoxy) is 1. The van der Waals surface area contributed by atoms with Crippen molar-refractivity contribution < 1.29 is 23.8 Å². The lowest BCUT2D eigenvalue weighted by molar-refractivity contribution is -0.142. The molecule has 1 spiro atoms. The minimum absolute atomic E-state index is 0.0509. The predicted molar refractivity (Wildman–Crippen MR) is 127 cm³/mol. The van der Waals surface area contributed by atoms with Crippen LogP contribution in [0.1, 0.15) is 35.9 Å². The zero-order valence-electron chi connectivity index (χ0n) is 18.3. The average Bonchev–Trinajstić information content (AvgIpc) is 3.19. The number of rotatable bonds is 6. The summed E-state index contributed by atoms with van der Waals surface area (Å²) in [5, 5.41) is 15.5. The fourth-order valence-electron chi connectivity index (χ4n) is 4.76. The molecule has 2 atom stereocenters. The van der Waals surface area contributed by atoms with Gasteiger partial charge in [0.2, 0.25) is 0 Å². The molecule has 0 amide bonds. The molecule has 2 N–H and O–H groups in total. The van der Waals surface area contributed by atoms with Crippen LogP contribution in [-0.2, 0) is 14.3 Å². The maximum Gasteiger partial charge on any atom is 0.338 e. The van der Waals surface area contributed by atoms with Gasteiger partial charge in [-0.1, -0.05) is 22.0 Å². The van der Waals surface area contributed by atoms with Crippen molar-refractivity contribution in [2.45, 2.75) is 31.3 Å². The molecular formula is C23H22BrFN4O4S. The van der Waals surface area contributed by atoms with Crippen LogP contribution in [-0.4, -0.2) is 59.0 Å². The van der Waals surface area contributed by atoms with Crippen LogP contribution in [0.25, 0.3) is 0 Å². The molecule has 3 aliphatic rings. The lowest BCUT2D eigenvalue weighted by atomic mass is 9.95. The molecule has 0 bridgehead atoms. The Kier molecular flexibility index (Phi) is 6.03. The minimum atomic E-state index is -0.869. The summed E-state index contributed by atoms with van der Waals surface area (Å²) >= 11 is 4.79. The van der Waals surface area contributed by atoms with Crippen molar-refractivity contribution in [1.29, 1.82) is 0 Å². The number of hydrogen-bond acceptors (Lipinski definition) is 8. The highest BCUT2D eigenvalue weighted by Gasteiger charge is 2.54. The van der Waals surface area contributed by atoms with Crippen LogP contribution in [0.4, 0.5) is 4.39 Å². The van der Waals surface area contributed by atoms with E-state index in [4.69, 9.17) is 9.73 Å². The minimum Gasteiger partial charge on any atom is -0.480 e. The number of esters is 1. The highest BCUT2D eigenvalue weighted by atomic mass is 79.9. The fraction of sp³-hybridized carbons (Fsp3) is 0.391. The molecule has 178 valence electrons. The number of carboxylic acids is 1. The van der Waals surface area contributed by atoms with E-state index in [0.717, 1.165) is 12.8 Å². The molecule has 11 heteroatoms. The Labute approximate surface area is 207 Å². The number of amidine groups is 1. The SMILES string of the molecule is COC(=O)C1=C(CN2CC3(CC3)C[C@H]2C(=O)O)NC(c2nccs2)=N[C@H]1c1ccc(F)cc1Br. The topological polar surface area (TPSA) is 104 Å². The maximum atomic E-state index is 13.8. The van der Waals surface area contributed by atoms with Crippen molar-refractivity contribution in [3.05, 3.63) is 61.9 Å². The number of methoxy groups -OCH3 is 1. The highest BCUT2D eigenvalue weighted by Crippen LogP contribution is 2.55. The van der Waals surface area contributed by atoms with Gasteiger partial charge in [-0.3, -0.25) is 14.7 Å². The maximum absolute atomic E-state index is 13.8. The van der Waals surface area contributed by atoms with E-state index >= 15 is 0 Å². The van der Waals surface area contributed by atoms with Crippen molar-refractivity contribution in [3.63, 3.8) is 0 Å². The Morgan fingerprint density at radius 1 is 1.41 bits per heavy atom. The number of carbonyl (C=O) groups excluding carboxylic acids is 1. The van der Waals surface area contributed by atoms with Crippen LogP contribution in [0.15, 0.2) is 50.5 Å². The molecule has 0 radical (unpaired) electrons. The number of nitrogens with zero attached hydrogens (tertiary/aromatic N) is 3. The third-order valence-corrected chi connectivity index (χ3v) is 8.10. The number of hydrogen-bond donors (Lipinski definition) is 2. The van der Waals surface area contributed by atoms with Gasteiger partial charge < -0.3 is 15.2 Å². The van der Waals surface area contributed by atoms with Crippen LogP contribution in [0.5, 0.6) is 0 Å². The zero-order valence-corrected chi connectivity index (χ0v) is 20.7. The van der Waals surface area contributed by atoms with Gasteiger partial charge in [0.25, 0.3) is 0 Å². The molecule has 1 aliphatic carbocycles. The van der Waals surface area contributed by atoms with Gasteiger partial charge in [0.1, 0.15) is 17.9 Å². The summed E-state index contributed by atoms with van der Waals surface area (Å²) in [6.07, 6.45) is 4.29. The molecule has 2 fully saturated rings. The summed E-state index contributed by atoms with van der Waals surface area (Å²) in [6, 6.07) is 2.79. The molecule has 2 aromatic rings. The Balaban J connectivity index is 1.60. The number of aliphatic imine (C=N–C) groups is 1. The summed E-state index contributed by atoms with van der Waals surface area (Å²) in [5.41, 5.74) is 1.41. The van der Waals surface area contributed by atoms with Gasteiger partial charge in [-0.05, 0) is 42.4 Å². The van der Waals surface area contributed by atoms with Crippen molar-refractivity contribution in [1.82, 2.24) is 15.2 Å². The van der Waals surface area contributed by atoms with Crippen LogP contribution in [0.2, 0.25) is 0 Å². The van der Waals surface area contributed by atoms with Gasteiger partial charge in [0.15, 0.2) is 10.8 Å². The van der Waals surface area contributed by atoms with Crippen molar-refractivity contribution in [2.24, 2.45) is 10.4 Å². The van der Waals surface area contributed by atoms with E-state index in [1.807, 2.05) is 10.3 Å². The molecule has 34 heavy (non-hydrogen) atoms. The summed E-state index contributed by atoms with van der Waals surface area (Å²) in [4.78, 5) is 36.1. The van der Waals surface area contributed by atoms with Crippen LogP contribution >= 0.6 is 27.3 Å². The second-order valence-electron chi connectivity index (χ2n) is 8.86. The van der Waals surface area contributed by atoms with Gasteiger partial charge in [0.05, 0.1) is 12.7 Å². The summed E-state index contributed by atoms with van der Waals surface area (Å²) in [7, 11) is 1.29. The first-order chi connectivity index (χ1) is 16.3. The smallest absolute Gasteiger partial charge is 0.338 e. The lowest BCUT2D eigenvalue weighted by Gasteiger charge is -2.30. The van der Waals surface area contributed by atoms with Gasteiger partial charge in [-0.15, -0.1) is 11.3 Å². The largest absolute Gasteiger partial charge is 0.480 e. The lowest BCUT2D eigenvalue weighted by Crippen LogP contribution is -2.43. The first-order valence-corrected chi connectivity index (χ1v) is 12.5. The molecule has 5 rings (SSSR count). The first kappa shape index (κ1) is 23.1. The Morgan fingerprint density at radius 2 is 2.21 bits per heavy atom. The Hall–Kier alpha value is -2.63. The van der Waals surface area contributed by atoms with Crippen molar-refractivity contribution >= 4 is 45.0 Å². The molecule has 1 aromatic heterocycles. The number of nitrogens with one attached hydrogen (secondary N) is 1. The van der Waals surface area contributed by atoms with Crippen LogP contribution in [0, 0.1) is 11.2 Å². The molecule has 3 heterocycles. The second-order valence-corrected chi connectivity index (χ2v) is 10.6. The van der Waals surface area contributed by atoms with Crippen LogP contribution in [0.3, 0.4) is 0 Å². The van der Waals surface area contributed by atoms with E-state index in [2.05, 4.69) is 26.2 Å². The summed E-state index contributed by atoms with van der Waals surface area (Å²) < 4.78 is 19.4. The van der Waals surface area contributed by atoms with Gasteiger partial charge in [0, 0.05) is 34.8 Å². The van der Waals surface area contributed by atoms with Gasteiger partial charge >= 0.3 is 11.9 Å². The van der Waals surface area contributed by atoms with Gasteiger partial charge in [-0.2, -0.15) is 0 Å². The Morgan fingerprint density at radius 3 is 2.82 bits per heavy atom. The third kappa shape index (κ3) is 4.27. The molecular weight excluding hydrogens is 527 g/mol. The molecule has 1 saturated carbocycles. The number of thiazole rings is 1. The predicted octanol–water partition coefficient (Wildman–Crippen LogP) is 3.50. The number of carbonyl (C=O) groups is 2. The number of carboxylic acid groups (broad SMARTS) is 1. The molecule has 0 unspecified atom stereocenters. The standard InChI is InChI=1S/C23H22BrFN4O4S/c1-33-22(32)17-15(10-29-11-23(4-5-23)9-16(29)21(30)31)27-19(20-26-6-7-34-20)28-18(17)13-3-2-12(25)8-14(13)24/h2-3,6-8,16,18H,4-5,9-11H2,1H3,(H,27,28)(H,30,31)/t16-,18-/m0/s1. The molecule has 1 saturated heterocycles. The normalized spacial score (nSPS) is 23.6. The number of halogens is 2. The number of aromatic nitrogens is 1. The number of aliphatic carboxylic acids is 1.